The highest BCUT2D eigenvalue weighted by molar-refractivity contribution is 6.06. The fourth-order valence-electron chi connectivity index (χ4n) is 2.21. The normalized spacial score (nSPS) is 10.3. The van der Waals surface area contributed by atoms with Gasteiger partial charge >= 0.3 is 0 Å². The first-order valence-corrected chi connectivity index (χ1v) is 6.75. The number of carbonyl (C=O) groups excluding carboxylic acids is 1. The number of amides is 1. The molecule has 0 aliphatic heterocycles. The van der Waals surface area contributed by atoms with Crippen LogP contribution in [0.4, 0.5) is 11.4 Å². The van der Waals surface area contributed by atoms with E-state index in [4.69, 9.17) is 10.5 Å². The van der Waals surface area contributed by atoms with Crippen molar-refractivity contribution in [1.82, 2.24) is 0 Å². The molecule has 0 radical (unpaired) electrons. The molecule has 0 unspecified atom stereocenters. The number of nitrogens with two attached hydrogens (primary N) is 1. The Bertz CT molecular complexity index is 693. The molecule has 0 spiro atoms. The summed E-state index contributed by atoms with van der Waals surface area (Å²) in [6.07, 6.45) is 0. The molecule has 4 nitrogen and oxygen atoms in total. The van der Waals surface area contributed by atoms with E-state index in [0.29, 0.717) is 11.3 Å². The third-order valence-corrected chi connectivity index (χ3v) is 3.54. The van der Waals surface area contributed by atoms with Crippen molar-refractivity contribution in [2.75, 3.05) is 18.2 Å². The van der Waals surface area contributed by atoms with Gasteiger partial charge in [0.2, 0.25) is 0 Å². The van der Waals surface area contributed by atoms with E-state index in [9.17, 15) is 4.79 Å². The second kappa shape index (κ2) is 5.87. The summed E-state index contributed by atoms with van der Waals surface area (Å²) in [5, 5.41) is 2.92. The topological polar surface area (TPSA) is 64.3 Å². The lowest BCUT2D eigenvalue weighted by molar-refractivity contribution is 0.102. The van der Waals surface area contributed by atoms with Crippen LogP contribution in [-0.4, -0.2) is 13.0 Å². The minimum atomic E-state index is -0.160. The van der Waals surface area contributed by atoms with Gasteiger partial charge in [0.15, 0.2) is 0 Å². The van der Waals surface area contributed by atoms with E-state index in [1.807, 2.05) is 45.0 Å². The molecule has 0 fully saturated rings. The van der Waals surface area contributed by atoms with Crippen LogP contribution in [-0.2, 0) is 0 Å². The average molecular weight is 284 g/mol. The fourth-order valence-corrected chi connectivity index (χ4v) is 2.21. The SMILES string of the molecule is COc1ccc(NC(=O)c2cc(N)c(C)cc2C)c(C)c1. The van der Waals surface area contributed by atoms with Gasteiger partial charge in [0.05, 0.1) is 7.11 Å². The molecule has 3 N–H and O–H groups in total. The molecule has 0 saturated carbocycles. The number of methoxy groups -OCH3 is 1. The van der Waals surface area contributed by atoms with E-state index in [-0.39, 0.29) is 5.91 Å². The van der Waals surface area contributed by atoms with Crippen molar-refractivity contribution >= 4 is 17.3 Å². The van der Waals surface area contributed by atoms with Gasteiger partial charge in [0.25, 0.3) is 5.91 Å². The standard InChI is InChI=1S/C17H20N2O2/c1-10-7-11(2)15(18)9-14(10)17(20)19-16-6-5-13(21-4)8-12(16)3/h5-9H,18H2,1-4H3,(H,19,20). The molecule has 0 aliphatic rings. The average Bonchev–Trinajstić information content (AvgIpc) is 2.44. The number of nitrogen functional groups attached to an aromatic ring is 1. The van der Waals surface area contributed by atoms with Crippen LogP contribution in [0.1, 0.15) is 27.0 Å². The number of hydrogen-bond donors (Lipinski definition) is 2. The van der Waals surface area contributed by atoms with Crippen LogP contribution >= 0.6 is 0 Å². The van der Waals surface area contributed by atoms with E-state index in [2.05, 4.69) is 5.32 Å². The predicted octanol–water partition coefficient (Wildman–Crippen LogP) is 3.45. The highest BCUT2D eigenvalue weighted by Gasteiger charge is 2.12. The zero-order valence-corrected chi connectivity index (χ0v) is 12.8. The summed E-state index contributed by atoms with van der Waals surface area (Å²) in [5.41, 5.74) is 10.7. The van der Waals surface area contributed by atoms with E-state index < -0.39 is 0 Å². The number of anilines is 2. The molecule has 2 aromatic carbocycles. The Hall–Kier alpha value is -2.49. The van der Waals surface area contributed by atoms with Crippen LogP contribution in [0.25, 0.3) is 0 Å². The maximum Gasteiger partial charge on any atom is 0.256 e. The van der Waals surface area contributed by atoms with Gasteiger partial charge in [-0.05, 0) is 61.7 Å². The largest absolute Gasteiger partial charge is 0.497 e. The van der Waals surface area contributed by atoms with E-state index in [0.717, 1.165) is 28.1 Å². The van der Waals surface area contributed by atoms with Gasteiger partial charge in [-0.3, -0.25) is 4.79 Å². The summed E-state index contributed by atoms with van der Waals surface area (Å²) in [7, 11) is 1.62. The third-order valence-electron chi connectivity index (χ3n) is 3.54. The summed E-state index contributed by atoms with van der Waals surface area (Å²) in [6, 6.07) is 9.17. The molecular weight excluding hydrogens is 264 g/mol. The van der Waals surface area contributed by atoms with Crippen LogP contribution in [0.2, 0.25) is 0 Å². The van der Waals surface area contributed by atoms with Gasteiger partial charge in [-0.15, -0.1) is 0 Å². The minimum absolute atomic E-state index is 0.160. The molecule has 1 amide bonds. The monoisotopic (exact) mass is 284 g/mol. The first-order valence-electron chi connectivity index (χ1n) is 6.75. The Morgan fingerprint density at radius 1 is 1.05 bits per heavy atom. The molecule has 21 heavy (non-hydrogen) atoms. The van der Waals surface area contributed by atoms with E-state index >= 15 is 0 Å². The van der Waals surface area contributed by atoms with Crippen molar-refractivity contribution < 1.29 is 9.53 Å². The lowest BCUT2D eigenvalue weighted by Crippen LogP contribution is -2.15. The van der Waals surface area contributed by atoms with Gasteiger partial charge in [-0.25, -0.2) is 0 Å². The zero-order valence-electron chi connectivity index (χ0n) is 12.8. The summed E-state index contributed by atoms with van der Waals surface area (Å²) in [5.74, 6) is 0.605. The number of benzene rings is 2. The van der Waals surface area contributed by atoms with E-state index in [1.165, 1.54) is 0 Å². The minimum Gasteiger partial charge on any atom is -0.497 e. The Morgan fingerprint density at radius 3 is 2.38 bits per heavy atom. The van der Waals surface area contributed by atoms with Crippen molar-refractivity contribution in [3.8, 4) is 5.75 Å². The maximum atomic E-state index is 12.4. The maximum absolute atomic E-state index is 12.4. The molecule has 0 heterocycles. The molecule has 0 aromatic heterocycles. The molecule has 110 valence electrons. The van der Waals surface area contributed by atoms with Crippen LogP contribution < -0.4 is 15.8 Å². The second-order valence-corrected chi connectivity index (χ2v) is 5.16. The lowest BCUT2D eigenvalue weighted by Gasteiger charge is -2.12. The molecule has 0 atom stereocenters. The second-order valence-electron chi connectivity index (χ2n) is 5.16. The predicted molar refractivity (Wildman–Crippen MR) is 86.0 cm³/mol. The number of rotatable bonds is 3. The third kappa shape index (κ3) is 3.16. The zero-order chi connectivity index (χ0) is 15.6. The summed E-state index contributed by atoms with van der Waals surface area (Å²) in [6.45, 7) is 5.76. The Morgan fingerprint density at radius 2 is 1.76 bits per heavy atom. The Balaban J connectivity index is 2.28. The Kier molecular flexibility index (Phi) is 4.17. The highest BCUT2D eigenvalue weighted by Crippen LogP contribution is 2.23. The van der Waals surface area contributed by atoms with Crippen molar-refractivity contribution in [2.24, 2.45) is 0 Å². The first-order chi connectivity index (χ1) is 9.92. The van der Waals surface area contributed by atoms with Crippen LogP contribution in [0.15, 0.2) is 30.3 Å². The molecule has 0 bridgehead atoms. The smallest absolute Gasteiger partial charge is 0.256 e. The quantitative estimate of drug-likeness (QED) is 0.848. The number of carbonyl (C=O) groups is 1. The first kappa shape index (κ1) is 14.9. The van der Waals surface area contributed by atoms with Gasteiger partial charge in [0.1, 0.15) is 5.75 Å². The summed E-state index contributed by atoms with van der Waals surface area (Å²) < 4.78 is 5.16. The van der Waals surface area contributed by atoms with Gasteiger partial charge in [0, 0.05) is 16.9 Å². The van der Waals surface area contributed by atoms with Gasteiger partial charge in [-0.1, -0.05) is 6.07 Å². The number of aryl methyl sites for hydroxylation is 3. The molecule has 2 rings (SSSR count). The Labute approximate surface area is 124 Å². The lowest BCUT2D eigenvalue weighted by atomic mass is 10.0. The molecule has 4 heteroatoms. The van der Waals surface area contributed by atoms with Crippen molar-refractivity contribution in [3.05, 3.63) is 52.6 Å². The summed E-state index contributed by atoms with van der Waals surface area (Å²) >= 11 is 0. The van der Waals surface area contributed by atoms with Crippen molar-refractivity contribution in [3.63, 3.8) is 0 Å². The van der Waals surface area contributed by atoms with Crippen LogP contribution in [0.5, 0.6) is 5.75 Å². The fraction of sp³-hybridized carbons (Fsp3) is 0.235. The van der Waals surface area contributed by atoms with Gasteiger partial charge in [-0.2, -0.15) is 0 Å². The van der Waals surface area contributed by atoms with Crippen molar-refractivity contribution in [1.29, 1.82) is 0 Å². The number of nitrogens with one attached hydrogen (secondary N) is 1. The molecule has 0 aliphatic carbocycles. The molecule has 2 aromatic rings. The molecule has 0 saturated heterocycles. The number of ether oxygens (including phenoxy) is 1. The molecular formula is C17H20N2O2. The van der Waals surface area contributed by atoms with Crippen LogP contribution in [0, 0.1) is 20.8 Å². The van der Waals surface area contributed by atoms with Crippen LogP contribution in [0.3, 0.4) is 0 Å². The number of hydrogen-bond acceptors (Lipinski definition) is 3. The van der Waals surface area contributed by atoms with E-state index in [1.54, 1.807) is 13.2 Å². The van der Waals surface area contributed by atoms with Gasteiger partial charge < -0.3 is 15.8 Å². The summed E-state index contributed by atoms with van der Waals surface area (Å²) in [4.78, 5) is 12.4. The van der Waals surface area contributed by atoms with Crippen molar-refractivity contribution in [2.45, 2.75) is 20.8 Å². The highest BCUT2D eigenvalue weighted by atomic mass is 16.5.